The fourth-order valence-corrected chi connectivity index (χ4v) is 2.36. The summed E-state index contributed by atoms with van der Waals surface area (Å²) in [7, 11) is 0. The number of hydrogen-bond acceptors (Lipinski definition) is 4. The normalized spacial score (nSPS) is 11.1. The molecule has 23 heavy (non-hydrogen) atoms. The molecule has 0 aliphatic rings. The SMILES string of the molecule is CCOc1cc(CC)c(OCCCCCC(C)(C)C#N)cc1O. The van der Waals surface area contributed by atoms with Gasteiger partial charge in [0.05, 0.1) is 24.7 Å². The molecule has 0 radical (unpaired) electrons. The van der Waals surface area contributed by atoms with Crippen molar-refractivity contribution in [1.82, 2.24) is 0 Å². The molecule has 128 valence electrons. The molecule has 0 aromatic heterocycles. The molecule has 0 amide bonds. The van der Waals surface area contributed by atoms with Crippen molar-refractivity contribution < 1.29 is 14.6 Å². The van der Waals surface area contributed by atoms with Gasteiger partial charge in [0.2, 0.25) is 0 Å². The van der Waals surface area contributed by atoms with Crippen molar-refractivity contribution in [2.24, 2.45) is 5.41 Å². The second-order valence-corrected chi connectivity index (χ2v) is 6.37. The predicted molar refractivity (Wildman–Crippen MR) is 92.0 cm³/mol. The standard InChI is InChI=1S/C19H29NO3/c1-5-15-12-18(22-6-2)16(21)13-17(15)23-11-9-7-8-10-19(3,4)14-20/h12-13,21H,5-11H2,1-4H3. The van der Waals surface area contributed by atoms with Gasteiger partial charge in [0.15, 0.2) is 11.5 Å². The Bertz CT molecular complexity index is 532. The summed E-state index contributed by atoms with van der Waals surface area (Å²) >= 11 is 0. The van der Waals surface area contributed by atoms with Crippen molar-refractivity contribution in [1.29, 1.82) is 5.26 Å². The molecule has 1 N–H and O–H groups in total. The largest absolute Gasteiger partial charge is 0.504 e. The number of unbranched alkanes of at least 4 members (excludes halogenated alkanes) is 2. The molecule has 1 aromatic rings. The zero-order valence-corrected chi connectivity index (χ0v) is 14.8. The monoisotopic (exact) mass is 319 g/mol. The van der Waals surface area contributed by atoms with E-state index in [1.165, 1.54) is 0 Å². The lowest BCUT2D eigenvalue weighted by molar-refractivity contribution is 0.290. The van der Waals surface area contributed by atoms with Gasteiger partial charge in [-0.2, -0.15) is 5.26 Å². The maximum absolute atomic E-state index is 9.96. The van der Waals surface area contributed by atoms with E-state index in [4.69, 9.17) is 14.7 Å². The van der Waals surface area contributed by atoms with Crippen molar-refractivity contribution in [2.75, 3.05) is 13.2 Å². The van der Waals surface area contributed by atoms with Crippen LogP contribution >= 0.6 is 0 Å². The van der Waals surface area contributed by atoms with Crippen LogP contribution in [0.15, 0.2) is 12.1 Å². The maximum Gasteiger partial charge on any atom is 0.161 e. The number of aryl methyl sites for hydroxylation is 1. The summed E-state index contributed by atoms with van der Waals surface area (Å²) in [5, 5.41) is 18.9. The van der Waals surface area contributed by atoms with Crippen LogP contribution in [0.5, 0.6) is 17.2 Å². The van der Waals surface area contributed by atoms with Gasteiger partial charge in [-0.15, -0.1) is 0 Å². The van der Waals surface area contributed by atoms with E-state index in [2.05, 4.69) is 13.0 Å². The molecular formula is C19H29NO3. The van der Waals surface area contributed by atoms with Crippen LogP contribution in [0.1, 0.15) is 58.9 Å². The maximum atomic E-state index is 9.96. The van der Waals surface area contributed by atoms with Crippen molar-refractivity contribution in [2.45, 2.75) is 59.8 Å². The highest BCUT2D eigenvalue weighted by Gasteiger charge is 2.15. The number of nitriles is 1. The van der Waals surface area contributed by atoms with E-state index in [-0.39, 0.29) is 11.2 Å². The first-order chi connectivity index (χ1) is 10.9. The van der Waals surface area contributed by atoms with Crippen LogP contribution in [0.3, 0.4) is 0 Å². The topological polar surface area (TPSA) is 62.5 Å². The first-order valence-electron chi connectivity index (χ1n) is 8.46. The van der Waals surface area contributed by atoms with E-state index < -0.39 is 0 Å². The Morgan fingerprint density at radius 3 is 2.43 bits per heavy atom. The van der Waals surface area contributed by atoms with Crippen LogP contribution in [0.4, 0.5) is 0 Å². The molecule has 0 bridgehead atoms. The second kappa shape index (κ2) is 9.29. The summed E-state index contributed by atoms with van der Waals surface area (Å²) in [6.07, 6.45) is 4.74. The van der Waals surface area contributed by atoms with Crippen molar-refractivity contribution in [3.8, 4) is 23.3 Å². The Hall–Kier alpha value is -1.89. The van der Waals surface area contributed by atoms with Gasteiger partial charge >= 0.3 is 0 Å². The minimum Gasteiger partial charge on any atom is -0.504 e. The zero-order chi connectivity index (χ0) is 17.3. The summed E-state index contributed by atoms with van der Waals surface area (Å²) in [5.41, 5.74) is 0.800. The summed E-state index contributed by atoms with van der Waals surface area (Å²) in [5.74, 6) is 1.36. The summed E-state index contributed by atoms with van der Waals surface area (Å²) in [6.45, 7) is 9.03. The molecule has 4 heteroatoms. The fraction of sp³-hybridized carbons (Fsp3) is 0.632. The van der Waals surface area contributed by atoms with E-state index >= 15 is 0 Å². The number of hydrogen-bond donors (Lipinski definition) is 1. The highest BCUT2D eigenvalue weighted by molar-refractivity contribution is 5.49. The quantitative estimate of drug-likeness (QED) is 0.627. The molecule has 1 aromatic carbocycles. The molecule has 1 rings (SSSR count). The van der Waals surface area contributed by atoms with Gasteiger partial charge in [0.25, 0.3) is 0 Å². The molecule has 0 spiro atoms. The predicted octanol–water partition coefficient (Wildman–Crippen LogP) is 4.84. The molecule has 0 heterocycles. The van der Waals surface area contributed by atoms with Gasteiger partial charge in [0, 0.05) is 6.07 Å². The Kier molecular flexibility index (Phi) is 7.74. The number of ether oxygens (including phenoxy) is 2. The number of phenols is 1. The van der Waals surface area contributed by atoms with Crippen LogP contribution in [0.2, 0.25) is 0 Å². The van der Waals surface area contributed by atoms with E-state index in [1.54, 1.807) is 6.07 Å². The smallest absolute Gasteiger partial charge is 0.161 e. The highest BCUT2D eigenvalue weighted by Crippen LogP contribution is 2.34. The van der Waals surface area contributed by atoms with Gasteiger partial charge in [-0.1, -0.05) is 19.8 Å². The molecule has 0 aliphatic carbocycles. The first kappa shape index (κ1) is 19.2. The van der Waals surface area contributed by atoms with E-state index in [0.29, 0.717) is 19.0 Å². The molecule has 0 saturated heterocycles. The lowest BCUT2D eigenvalue weighted by atomic mass is 9.89. The molecule has 0 unspecified atom stereocenters. The van der Waals surface area contributed by atoms with Crippen molar-refractivity contribution in [3.05, 3.63) is 17.7 Å². The van der Waals surface area contributed by atoms with Gasteiger partial charge in [0.1, 0.15) is 5.75 Å². The van der Waals surface area contributed by atoms with Crippen molar-refractivity contribution >= 4 is 0 Å². The average molecular weight is 319 g/mol. The van der Waals surface area contributed by atoms with Gasteiger partial charge < -0.3 is 14.6 Å². The summed E-state index contributed by atoms with van der Waals surface area (Å²) < 4.78 is 11.2. The third-order valence-electron chi connectivity index (χ3n) is 3.83. The number of phenolic OH excluding ortho intramolecular Hbond substituents is 1. The summed E-state index contributed by atoms with van der Waals surface area (Å²) in [6, 6.07) is 5.82. The third kappa shape index (κ3) is 6.40. The third-order valence-corrected chi connectivity index (χ3v) is 3.83. The first-order valence-corrected chi connectivity index (χ1v) is 8.46. The average Bonchev–Trinajstić information content (AvgIpc) is 2.53. The van der Waals surface area contributed by atoms with Crippen LogP contribution in [0.25, 0.3) is 0 Å². The Morgan fingerprint density at radius 1 is 1.09 bits per heavy atom. The Labute approximate surface area is 140 Å². The highest BCUT2D eigenvalue weighted by atomic mass is 16.5. The summed E-state index contributed by atoms with van der Waals surface area (Å²) in [4.78, 5) is 0. The molecule has 0 atom stereocenters. The minimum absolute atomic E-state index is 0.120. The van der Waals surface area contributed by atoms with Gasteiger partial charge in [-0.3, -0.25) is 0 Å². The van der Waals surface area contributed by atoms with Crippen LogP contribution in [-0.2, 0) is 6.42 Å². The second-order valence-electron chi connectivity index (χ2n) is 6.37. The Balaban J connectivity index is 2.46. The van der Waals surface area contributed by atoms with Crippen molar-refractivity contribution in [3.63, 3.8) is 0 Å². The molecular weight excluding hydrogens is 290 g/mol. The molecule has 0 fully saturated rings. The van der Waals surface area contributed by atoms with Crippen LogP contribution < -0.4 is 9.47 Å². The zero-order valence-electron chi connectivity index (χ0n) is 14.8. The number of rotatable bonds is 10. The van der Waals surface area contributed by atoms with Crippen LogP contribution in [-0.4, -0.2) is 18.3 Å². The lowest BCUT2D eigenvalue weighted by Crippen LogP contribution is -2.07. The molecule has 4 nitrogen and oxygen atoms in total. The van der Waals surface area contributed by atoms with Crippen LogP contribution in [0, 0.1) is 16.7 Å². The van der Waals surface area contributed by atoms with Gasteiger partial charge in [-0.25, -0.2) is 0 Å². The minimum atomic E-state index is -0.239. The van der Waals surface area contributed by atoms with Gasteiger partial charge in [-0.05, 0) is 51.7 Å². The molecule has 0 aliphatic heterocycles. The van der Waals surface area contributed by atoms with E-state index in [1.807, 2.05) is 26.8 Å². The fourth-order valence-electron chi connectivity index (χ4n) is 2.36. The van der Waals surface area contributed by atoms with E-state index in [9.17, 15) is 5.11 Å². The number of nitrogens with zero attached hydrogens (tertiary/aromatic N) is 1. The van der Waals surface area contributed by atoms with E-state index in [0.717, 1.165) is 43.4 Å². The Morgan fingerprint density at radius 2 is 1.83 bits per heavy atom. The lowest BCUT2D eigenvalue weighted by Gasteiger charge is -2.15. The number of benzene rings is 1. The molecule has 0 saturated carbocycles. The number of aromatic hydroxyl groups is 1.